The van der Waals surface area contributed by atoms with E-state index in [9.17, 15) is 26.3 Å². The van der Waals surface area contributed by atoms with E-state index >= 15 is 0 Å². The van der Waals surface area contributed by atoms with Crippen molar-refractivity contribution in [3.8, 4) is 0 Å². The number of benzene rings is 3. The summed E-state index contributed by atoms with van der Waals surface area (Å²) in [6.45, 7) is 37.4. The van der Waals surface area contributed by atoms with Gasteiger partial charge in [0.05, 0.1) is 5.69 Å². The van der Waals surface area contributed by atoms with E-state index < -0.39 is 24.0 Å². The lowest BCUT2D eigenvalue weighted by molar-refractivity contribution is -0.0597. The smallest absolute Gasteiger partial charge is 0.336 e. The van der Waals surface area contributed by atoms with E-state index in [2.05, 4.69) is 97.2 Å². The summed E-state index contributed by atoms with van der Waals surface area (Å²) in [6.07, 6.45) is -5.00. The first-order valence-electron chi connectivity index (χ1n) is 26.6. The van der Waals surface area contributed by atoms with Gasteiger partial charge in [-0.05, 0) is 141 Å². The average Bonchev–Trinajstić information content (AvgIpc) is 3.30. The molecular formula is C58H95ClF6N8. The van der Waals surface area contributed by atoms with Gasteiger partial charge in [-0.2, -0.15) is 26.3 Å². The van der Waals surface area contributed by atoms with Crippen LogP contribution in [0.5, 0.6) is 0 Å². The Morgan fingerprint density at radius 3 is 0.986 bits per heavy atom. The maximum atomic E-state index is 13.9. The average molecular weight is 1050 g/mol. The standard InChI is InChI=1S/C33H46F6N4.C14H20ClN.C6H15N.C5H14N2/c1-20(2)24-14-12-15-25(21(3)4)28(24)42-30(32(34,35)36)40-18-10-9-11-19-41-31(33(37,38)39)43-29-26(22(5)6)16-13-17-27(29)23(7)8;1-9(2)12-7-6-8-13(10(3)4)14(12)16-11(5)15;1-4-7(5-2)6-3;6-4-2-1-3-5-7/h12-17,20-23H,9-11,18-19H2,1-8H3,(H,40,42)(H,41,43);6-10H,1-5H3;4-6H2,1-3H3;1-7H2. The number of amidine groups is 2. The van der Waals surface area contributed by atoms with Crippen molar-refractivity contribution in [1.82, 2.24) is 4.90 Å². The van der Waals surface area contributed by atoms with E-state index in [0.29, 0.717) is 34.8 Å². The Kier molecular flexibility index (Phi) is 34.1. The van der Waals surface area contributed by atoms with E-state index in [1.54, 1.807) is 0 Å². The number of nitrogens with two attached hydrogens (primary N) is 2. The largest absolute Gasteiger partial charge is 0.449 e. The van der Waals surface area contributed by atoms with E-state index in [4.69, 9.17) is 23.1 Å². The maximum absolute atomic E-state index is 13.9. The molecule has 0 aliphatic carbocycles. The summed E-state index contributed by atoms with van der Waals surface area (Å²) in [5.74, 6) is -1.21. The lowest BCUT2D eigenvalue weighted by Crippen LogP contribution is -2.32. The van der Waals surface area contributed by atoms with Crippen LogP contribution >= 0.6 is 11.6 Å². The molecule has 0 aliphatic rings. The minimum Gasteiger partial charge on any atom is -0.336 e. The zero-order valence-corrected chi connectivity index (χ0v) is 48.2. The van der Waals surface area contributed by atoms with E-state index in [1.807, 2.05) is 98.7 Å². The highest BCUT2D eigenvalue weighted by Crippen LogP contribution is 2.37. The highest BCUT2D eigenvalue weighted by molar-refractivity contribution is 6.65. The Bertz CT molecular complexity index is 1880. The maximum Gasteiger partial charge on any atom is 0.449 e. The van der Waals surface area contributed by atoms with Gasteiger partial charge in [0.2, 0.25) is 11.7 Å². The van der Waals surface area contributed by atoms with Gasteiger partial charge in [0.25, 0.3) is 0 Å². The van der Waals surface area contributed by atoms with Gasteiger partial charge in [0.15, 0.2) is 0 Å². The Morgan fingerprint density at radius 1 is 0.493 bits per heavy atom. The van der Waals surface area contributed by atoms with Crippen molar-refractivity contribution in [2.45, 2.75) is 197 Å². The molecule has 73 heavy (non-hydrogen) atoms. The van der Waals surface area contributed by atoms with Crippen LogP contribution in [0.1, 0.15) is 218 Å². The molecule has 3 aromatic carbocycles. The predicted octanol–water partition coefficient (Wildman–Crippen LogP) is 17.4. The third-order valence-electron chi connectivity index (χ3n) is 12.0. The van der Waals surface area contributed by atoms with Crippen LogP contribution in [0.3, 0.4) is 0 Å². The fourth-order valence-electron chi connectivity index (χ4n) is 7.74. The molecule has 0 unspecified atom stereocenters. The van der Waals surface area contributed by atoms with Crippen molar-refractivity contribution in [2.24, 2.45) is 26.4 Å². The van der Waals surface area contributed by atoms with Crippen molar-refractivity contribution in [3.05, 3.63) is 88.0 Å². The molecular weight excluding hydrogens is 958 g/mol. The second-order valence-corrected chi connectivity index (χ2v) is 20.5. The molecule has 0 spiro atoms. The molecule has 0 atom stereocenters. The summed E-state index contributed by atoms with van der Waals surface area (Å²) < 4.78 is 83.5. The van der Waals surface area contributed by atoms with E-state index in [1.165, 1.54) is 37.2 Å². The third kappa shape index (κ3) is 26.4. The first-order valence-corrected chi connectivity index (χ1v) is 27.0. The van der Waals surface area contributed by atoms with Gasteiger partial charge >= 0.3 is 12.4 Å². The molecule has 0 bridgehead atoms. The van der Waals surface area contributed by atoms with Crippen molar-refractivity contribution >= 4 is 45.5 Å². The minimum absolute atomic E-state index is 0.00290. The zero-order chi connectivity index (χ0) is 56.1. The molecule has 0 fully saturated rings. The van der Waals surface area contributed by atoms with Gasteiger partial charge in [-0.25, -0.2) is 4.99 Å². The van der Waals surface area contributed by atoms with E-state index in [0.717, 1.165) is 53.9 Å². The van der Waals surface area contributed by atoms with Crippen molar-refractivity contribution in [1.29, 1.82) is 0 Å². The molecule has 0 saturated carbocycles. The van der Waals surface area contributed by atoms with Crippen molar-refractivity contribution < 1.29 is 26.3 Å². The van der Waals surface area contributed by atoms with Crippen LogP contribution in [0.15, 0.2) is 69.6 Å². The number of halogens is 7. The van der Waals surface area contributed by atoms with Crippen LogP contribution in [0.4, 0.5) is 43.4 Å². The normalized spacial score (nSPS) is 12.6. The monoisotopic (exact) mass is 1050 g/mol. The lowest BCUT2D eigenvalue weighted by Gasteiger charge is -2.22. The molecule has 8 nitrogen and oxygen atoms in total. The SMILES string of the molecule is CC(C)c1cccc(C(C)C)c1NC(=NCCCCCN=C(Nc1c(C(C)C)cccc1C(C)C)C(F)(F)F)C(F)(F)F.CC(Cl)=Nc1c(C(C)C)cccc1C(C)C.CCN(CC)CC.NCCCCCN. The molecule has 0 radical (unpaired) electrons. The van der Waals surface area contributed by atoms with Crippen LogP contribution in [-0.4, -0.2) is 79.9 Å². The molecule has 15 heteroatoms. The zero-order valence-electron chi connectivity index (χ0n) is 47.4. The Morgan fingerprint density at radius 2 is 0.767 bits per heavy atom. The first kappa shape index (κ1) is 69.0. The number of hydrogen-bond acceptors (Lipinski definition) is 6. The molecule has 0 aromatic heterocycles. The molecule has 0 aliphatic heterocycles. The van der Waals surface area contributed by atoms with Crippen molar-refractivity contribution in [3.63, 3.8) is 0 Å². The van der Waals surface area contributed by atoms with Gasteiger partial charge < -0.3 is 27.0 Å². The minimum atomic E-state index is -4.68. The van der Waals surface area contributed by atoms with Crippen molar-refractivity contribution in [2.75, 3.05) is 56.4 Å². The highest BCUT2D eigenvalue weighted by Gasteiger charge is 2.38. The number of nitrogens with zero attached hydrogens (tertiary/aromatic N) is 4. The van der Waals surface area contributed by atoms with Gasteiger partial charge in [-0.1, -0.05) is 176 Å². The summed E-state index contributed by atoms with van der Waals surface area (Å²) >= 11 is 5.92. The number of rotatable bonds is 22. The van der Waals surface area contributed by atoms with Gasteiger partial charge in [-0.3, -0.25) is 9.98 Å². The summed E-state index contributed by atoms with van der Waals surface area (Å²) in [7, 11) is 0. The van der Waals surface area contributed by atoms with Gasteiger partial charge in [-0.15, -0.1) is 0 Å². The molecule has 3 rings (SSSR count). The summed E-state index contributed by atoms with van der Waals surface area (Å²) in [5.41, 5.74) is 18.0. The van der Waals surface area contributed by atoms with E-state index in [-0.39, 0.29) is 49.6 Å². The van der Waals surface area contributed by atoms with Crippen LogP contribution in [0, 0.1) is 0 Å². The molecule has 0 heterocycles. The number of unbranched alkanes of at least 4 members (excludes halogenated alkanes) is 4. The first-order chi connectivity index (χ1) is 34.1. The number of alkyl halides is 6. The second-order valence-electron chi connectivity index (χ2n) is 20.0. The number of nitrogens with one attached hydrogen (secondary N) is 2. The van der Waals surface area contributed by atoms with Gasteiger partial charge in [0, 0.05) is 24.5 Å². The Balaban J connectivity index is 0.00000139. The summed E-state index contributed by atoms with van der Waals surface area (Å²) in [6, 6.07) is 17.3. The molecule has 3 aromatic rings. The topological polar surface area (TPSA) is 116 Å². The van der Waals surface area contributed by atoms with Gasteiger partial charge in [0.1, 0.15) is 5.17 Å². The van der Waals surface area contributed by atoms with Crippen LogP contribution in [0.2, 0.25) is 0 Å². The highest BCUT2D eigenvalue weighted by atomic mass is 35.5. The summed E-state index contributed by atoms with van der Waals surface area (Å²) in [5, 5.41) is 5.73. The van der Waals surface area contributed by atoms with Crippen LogP contribution < -0.4 is 22.1 Å². The number of anilines is 2. The molecule has 416 valence electrons. The second kappa shape index (κ2) is 36.1. The number of aliphatic imine (C=N–C) groups is 3. The van der Waals surface area contributed by atoms with Crippen LogP contribution in [0.25, 0.3) is 0 Å². The summed E-state index contributed by atoms with van der Waals surface area (Å²) in [4.78, 5) is 14.5. The number of para-hydroxylation sites is 3. The Hall–Kier alpha value is -3.98. The molecule has 0 saturated heterocycles. The lowest BCUT2D eigenvalue weighted by atomic mass is 9.92. The predicted molar refractivity (Wildman–Crippen MR) is 306 cm³/mol. The molecule has 0 amide bonds. The quantitative estimate of drug-likeness (QED) is 0.0346. The Labute approximate surface area is 443 Å². The third-order valence-corrected chi connectivity index (χ3v) is 12.1. The molecule has 6 N–H and O–H groups in total. The fraction of sp³-hybridized carbons (Fsp3) is 0.638. The van der Waals surface area contributed by atoms with Crippen LogP contribution in [-0.2, 0) is 0 Å². The fourth-order valence-corrected chi connectivity index (χ4v) is 7.83. The number of hydrogen-bond donors (Lipinski definition) is 4.